The zero-order valence-corrected chi connectivity index (χ0v) is 16.5. The lowest BCUT2D eigenvalue weighted by molar-refractivity contribution is -0.911. The highest BCUT2D eigenvalue weighted by atomic mass is 32.1. The zero-order chi connectivity index (χ0) is 19.0. The number of rotatable bonds is 3. The summed E-state index contributed by atoms with van der Waals surface area (Å²) in [5.41, 5.74) is -0.689. The molecule has 8 heteroatoms. The molecule has 1 aromatic heterocycles. The van der Waals surface area contributed by atoms with Crippen molar-refractivity contribution in [3.8, 4) is 0 Å². The van der Waals surface area contributed by atoms with Crippen molar-refractivity contribution in [2.45, 2.75) is 38.1 Å². The number of quaternary nitrogens is 1. The maximum atomic E-state index is 13.1. The molecule has 0 radical (unpaired) electrons. The van der Waals surface area contributed by atoms with Gasteiger partial charge in [-0.2, -0.15) is 0 Å². The highest BCUT2D eigenvalue weighted by Gasteiger charge is 2.55. The topological polar surface area (TPSA) is 74.2 Å². The number of hydrogen-bond donors (Lipinski definition) is 2. The van der Waals surface area contributed by atoms with E-state index in [0.29, 0.717) is 19.8 Å². The van der Waals surface area contributed by atoms with Crippen molar-refractivity contribution in [3.63, 3.8) is 0 Å². The fourth-order valence-corrected chi connectivity index (χ4v) is 5.29. The Labute approximate surface area is 163 Å². The molecule has 0 aromatic carbocycles. The maximum Gasteiger partial charge on any atom is 0.329 e. The van der Waals surface area contributed by atoms with Crippen molar-refractivity contribution in [1.29, 1.82) is 0 Å². The molecule has 2 saturated heterocycles. The molecule has 3 heterocycles. The molecule has 0 unspecified atom stereocenters. The van der Waals surface area contributed by atoms with Crippen molar-refractivity contribution in [1.82, 2.24) is 15.1 Å². The van der Waals surface area contributed by atoms with E-state index in [2.05, 4.69) is 12.2 Å². The Kier molecular flexibility index (Phi) is 4.94. The Morgan fingerprint density at radius 1 is 1.33 bits per heavy atom. The van der Waals surface area contributed by atoms with Crippen LogP contribution in [0.15, 0.2) is 17.5 Å². The van der Waals surface area contributed by atoms with Crippen LogP contribution in [-0.2, 0) is 4.79 Å². The number of nitrogens with zero attached hydrogens (tertiary/aromatic N) is 2. The molecule has 1 spiro atoms. The van der Waals surface area contributed by atoms with Crippen LogP contribution in [0.2, 0.25) is 0 Å². The van der Waals surface area contributed by atoms with E-state index in [1.54, 1.807) is 0 Å². The number of amides is 4. The van der Waals surface area contributed by atoms with Gasteiger partial charge in [-0.1, -0.05) is 25.8 Å². The number of imide groups is 1. The molecular weight excluding hydrogens is 364 g/mol. The van der Waals surface area contributed by atoms with Gasteiger partial charge >= 0.3 is 6.03 Å². The minimum Gasteiger partial charge on any atom is -0.327 e. The Bertz CT molecular complexity index is 729. The summed E-state index contributed by atoms with van der Waals surface area (Å²) in [5, 5.41) is 4.93. The monoisotopic (exact) mass is 391 g/mol. The predicted octanol–water partition coefficient (Wildman–Crippen LogP) is 0.547. The van der Waals surface area contributed by atoms with Crippen LogP contribution in [0.25, 0.3) is 0 Å². The molecule has 2 N–H and O–H groups in total. The van der Waals surface area contributed by atoms with Crippen LogP contribution in [-0.4, -0.2) is 66.0 Å². The van der Waals surface area contributed by atoms with Gasteiger partial charge < -0.3 is 15.1 Å². The second-order valence-electron chi connectivity index (χ2n) is 7.96. The predicted molar refractivity (Wildman–Crippen MR) is 102 cm³/mol. The number of thiophene rings is 1. The van der Waals surface area contributed by atoms with Crippen LogP contribution in [0.4, 0.5) is 4.79 Å². The van der Waals surface area contributed by atoms with Gasteiger partial charge in [0.1, 0.15) is 5.54 Å². The Balaban J connectivity index is 1.36. The van der Waals surface area contributed by atoms with Crippen LogP contribution in [0.1, 0.15) is 42.3 Å². The van der Waals surface area contributed by atoms with E-state index in [1.807, 2.05) is 22.4 Å². The van der Waals surface area contributed by atoms with Gasteiger partial charge in [-0.05, 0) is 30.2 Å². The summed E-state index contributed by atoms with van der Waals surface area (Å²) in [5.74, 6) is 0.210. The van der Waals surface area contributed by atoms with Gasteiger partial charge in [0.25, 0.3) is 11.8 Å². The first-order valence-corrected chi connectivity index (χ1v) is 10.7. The van der Waals surface area contributed by atoms with Crippen molar-refractivity contribution in [3.05, 3.63) is 22.4 Å². The van der Waals surface area contributed by atoms with Crippen LogP contribution in [0.3, 0.4) is 0 Å². The summed E-state index contributed by atoms with van der Waals surface area (Å²) < 4.78 is 0. The van der Waals surface area contributed by atoms with E-state index in [1.165, 1.54) is 21.1 Å². The Hall–Kier alpha value is -1.93. The van der Waals surface area contributed by atoms with E-state index in [4.69, 9.17) is 0 Å². The molecule has 2 aliphatic heterocycles. The quantitative estimate of drug-likeness (QED) is 0.739. The molecule has 4 amide bonds. The standard InChI is InChI=1S/C19H26N4O3S/c1-14-5-2-3-7-19(14)17(25)23(18(26)20-19)13-21-8-10-22(11-9-21)16(24)15-6-4-12-27-15/h4,6,12,14H,2-3,5,7-11,13H2,1H3,(H,20,26)/p+1/t14-,19+/m0/s1. The van der Waals surface area contributed by atoms with Crippen LogP contribution in [0, 0.1) is 5.92 Å². The van der Waals surface area contributed by atoms with Crippen LogP contribution in [0.5, 0.6) is 0 Å². The molecule has 1 aliphatic carbocycles. The van der Waals surface area contributed by atoms with Crippen molar-refractivity contribution in [2.24, 2.45) is 5.92 Å². The van der Waals surface area contributed by atoms with Crippen molar-refractivity contribution in [2.75, 3.05) is 32.8 Å². The number of piperazine rings is 1. The highest BCUT2D eigenvalue weighted by Crippen LogP contribution is 2.37. The molecule has 3 fully saturated rings. The maximum absolute atomic E-state index is 13.1. The minimum atomic E-state index is -0.689. The van der Waals surface area contributed by atoms with E-state index in [-0.39, 0.29) is 23.8 Å². The number of carbonyl (C=O) groups excluding carboxylic acids is 3. The number of nitrogens with one attached hydrogen (secondary N) is 2. The fourth-order valence-electron chi connectivity index (χ4n) is 4.60. The first-order valence-electron chi connectivity index (χ1n) is 9.82. The second-order valence-corrected chi connectivity index (χ2v) is 8.91. The molecule has 146 valence electrons. The Morgan fingerprint density at radius 2 is 2.11 bits per heavy atom. The van der Waals surface area contributed by atoms with E-state index in [0.717, 1.165) is 43.6 Å². The van der Waals surface area contributed by atoms with Gasteiger partial charge in [0.05, 0.1) is 31.1 Å². The highest BCUT2D eigenvalue weighted by molar-refractivity contribution is 7.12. The molecule has 1 aromatic rings. The molecule has 2 atom stereocenters. The summed E-state index contributed by atoms with van der Waals surface area (Å²) >= 11 is 1.46. The van der Waals surface area contributed by atoms with Gasteiger partial charge in [0.15, 0.2) is 6.67 Å². The second kappa shape index (κ2) is 7.24. The number of carbonyl (C=O) groups is 3. The van der Waals surface area contributed by atoms with Gasteiger partial charge in [-0.25, -0.2) is 9.69 Å². The van der Waals surface area contributed by atoms with Gasteiger partial charge in [-0.3, -0.25) is 9.59 Å². The summed E-state index contributed by atoms with van der Waals surface area (Å²) in [4.78, 5) is 43.3. The number of hydrogen-bond acceptors (Lipinski definition) is 4. The third-order valence-electron chi connectivity index (χ3n) is 6.37. The average molecular weight is 392 g/mol. The molecule has 1 saturated carbocycles. The molecule has 27 heavy (non-hydrogen) atoms. The van der Waals surface area contributed by atoms with Crippen molar-refractivity contribution >= 4 is 29.2 Å². The lowest BCUT2D eigenvalue weighted by Gasteiger charge is -2.37. The lowest BCUT2D eigenvalue weighted by Crippen LogP contribution is -3.16. The largest absolute Gasteiger partial charge is 0.329 e. The molecule has 4 rings (SSSR count). The van der Waals surface area contributed by atoms with Gasteiger partial charge in [0.2, 0.25) is 0 Å². The SMILES string of the molecule is C[C@H]1CCCC[C@@]12NC(=O)N(C[NH+]1CCN(C(=O)c3cccs3)CC1)C2=O. The zero-order valence-electron chi connectivity index (χ0n) is 15.7. The smallest absolute Gasteiger partial charge is 0.327 e. The van der Waals surface area contributed by atoms with Gasteiger partial charge in [-0.15, -0.1) is 11.3 Å². The third-order valence-corrected chi connectivity index (χ3v) is 7.23. The van der Waals surface area contributed by atoms with E-state index < -0.39 is 5.54 Å². The normalized spacial score (nSPS) is 29.4. The summed E-state index contributed by atoms with van der Waals surface area (Å²) in [6, 6.07) is 3.49. The van der Waals surface area contributed by atoms with Crippen molar-refractivity contribution < 1.29 is 19.3 Å². The number of urea groups is 1. The Morgan fingerprint density at radius 3 is 2.78 bits per heavy atom. The lowest BCUT2D eigenvalue weighted by atomic mass is 9.73. The van der Waals surface area contributed by atoms with Crippen LogP contribution < -0.4 is 10.2 Å². The average Bonchev–Trinajstić information content (AvgIpc) is 3.28. The first kappa shape index (κ1) is 18.4. The van der Waals surface area contributed by atoms with Gasteiger partial charge in [0, 0.05) is 0 Å². The third kappa shape index (κ3) is 3.25. The minimum absolute atomic E-state index is 0.0516. The molecule has 0 bridgehead atoms. The molecule has 7 nitrogen and oxygen atoms in total. The summed E-state index contributed by atoms with van der Waals surface area (Å²) in [7, 11) is 0. The molecule has 3 aliphatic rings. The first-order chi connectivity index (χ1) is 13.0. The van der Waals surface area contributed by atoms with Crippen LogP contribution >= 0.6 is 11.3 Å². The molecular formula is C19H27N4O3S+. The van der Waals surface area contributed by atoms with E-state index in [9.17, 15) is 14.4 Å². The fraction of sp³-hybridized carbons (Fsp3) is 0.632. The summed E-state index contributed by atoms with van der Waals surface area (Å²) in [6.45, 7) is 5.25. The van der Waals surface area contributed by atoms with E-state index >= 15 is 0 Å². The summed E-state index contributed by atoms with van der Waals surface area (Å²) in [6.07, 6.45) is 3.84.